The van der Waals surface area contributed by atoms with Crippen LogP contribution in [-0.4, -0.2) is 11.0 Å². The van der Waals surface area contributed by atoms with E-state index < -0.39 is 0 Å². The third-order valence-electron chi connectivity index (χ3n) is 2.89. The van der Waals surface area contributed by atoms with Gasteiger partial charge in [-0.15, -0.1) is 11.3 Å². The lowest BCUT2D eigenvalue weighted by molar-refractivity contribution is 0.800. The average molecular weight is 290 g/mol. The highest BCUT2D eigenvalue weighted by Crippen LogP contribution is 2.18. The Labute approximate surface area is 123 Å². The number of hydrogen-bond acceptors (Lipinski definition) is 3. The van der Waals surface area contributed by atoms with Gasteiger partial charge in [-0.05, 0) is 50.2 Å². The van der Waals surface area contributed by atoms with E-state index in [9.17, 15) is 0 Å². The number of nitrogens with one attached hydrogen (secondary N) is 1. The van der Waals surface area contributed by atoms with Gasteiger partial charge in [-0.1, -0.05) is 12.2 Å². The maximum Gasteiger partial charge on any atom is 0.103 e. The first-order valence-electron chi connectivity index (χ1n) is 6.26. The molecule has 0 radical (unpaired) electrons. The molecule has 1 atom stereocenters. The summed E-state index contributed by atoms with van der Waals surface area (Å²) in [6, 6.07) is 12.7. The Kier molecular flexibility index (Phi) is 4.56. The molecule has 0 fully saturated rings. The summed E-state index contributed by atoms with van der Waals surface area (Å²) in [5, 5.41) is 3.49. The molecule has 2 nitrogen and oxygen atoms in total. The molecular formula is C15H18N2S2. The van der Waals surface area contributed by atoms with Crippen LogP contribution in [-0.2, 0) is 6.42 Å². The average Bonchev–Trinajstić information content (AvgIpc) is 2.75. The van der Waals surface area contributed by atoms with Gasteiger partial charge < -0.3 is 11.1 Å². The Morgan fingerprint density at radius 3 is 2.47 bits per heavy atom. The molecule has 0 aliphatic rings. The summed E-state index contributed by atoms with van der Waals surface area (Å²) < 4.78 is 0. The lowest BCUT2D eigenvalue weighted by Gasteiger charge is -2.14. The molecule has 0 saturated heterocycles. The molecule has 0 amide bonds. The minimum Gasteiger partial charge on any atom is -0.389 e. The fourth-order valence-electron chi connectivity index (χ4n) is 1.96. The molecular weight excluding hydrogens is 272 g/mol. The van der Waals surface area contributed by atoms with Crippen LogP contribution in [0, 0.1) is 6.92 Å². The molecule has 100 valence electrons. The van der Waals surface area contributed by atoms with Crippen LogP contribution >= 0.6 is 23.6 Å². The summed E-state index contributed by atoms with van der Waals surface area (Å²) in [7, 11) is 0. The van der Waals surface area contributed by atoms with Crippen LogP contribution in [0.25, 0.3) is 0 Å². The second-order valence-corrected chi connectivity index (χ2v) is 6.52. The number of aryl methyl sites for hydroxylation is 1. The first kappa shape index (κ1) is 14.0. The monoisotopic (exact) mass is 290 g/mol. The summed E-state index contributed by atoms with van der Waals surface area (Å²) in [6.45, 7) is 4.33. The standard InChI is InChI=1S/C15H18N2S2/c1-10(9-14-8-3-11(2)19-14)17-13-6-4-12(5-7-13)15(16)18/h3-8,10,17H,9H2,1-2H3,(H2,16,18). The van der Waals surface area contributed by atoms with E-state index in [-0.39, 0.29) is 0 Å². The number of thiophene rings is 1. The molecule has 0 saturated carbocycles. The number of hydrogen-bond donors (Lipinski definition) is 2. The van der Waals surface area contributed by atoms with Crippen LogP contribution in [0.2, 0.25) is 0 Å². The lowest BCUT2D eigenvalue weighted by atomic mass is 10.1. The highest BCUT2D eigenvalue weighted by molar-refractivity contribution is 7.80. The van der Waals surface area contributed by atoms with E-state index in [2.05, 4.69) is 31.3 Å². The quantitative estimate of drug-likeness (QED) is 0.824. The van der Waals surface area contributed by atoms with Gasteiger partial charge >= 0.3 is 0 Å². The molecule has 3 N–H and O–H groups in total. The fraction of sp³-hybridized carbons (Fsp3) is 0.267. The highest BCUT2D eigenvalue weighted by atomic mass is 32.1. The molecule has 0 bridgehead atoms. The smallest absolute Gasteiger partial charge is 0.103 e. The van der Waals surface area contributed by atoms with Crippen LogP contribution in [0.3, 0.4) is 0 Å². The second kappa shape index (κ2) is 6.17. The van der Waals surface area contributed by atoms with Crippen molar-refractivity contribution in [1.82, 2.24) is 0 Å². The Morgan fingerprint density at radius 2 is 1.95 bits per heavy atom. The van der Waals surface area contributed by atoms with Crippen LogP contribution < -0.4 is 11.1 Å². The fourth-order valence-corrected chi connectivity index (χ4v) is 3.12. The topological polar surface area (TPSA) is 38.0 Å². The van der Waals surface area contributed by atoms with Crippen molar-refractivity contribution in [2.24, 2.45) is 5.73 Å². The number of thiocarbonyl (C=S) groups is 1. The highest BCUT2D eigenvalue weighted by Gasteiger charge is 2.05. The van der Waals surface area contributed by atoms with Gasteiger partial charge in [-0.25, -0.2) is 0 Å². The minimum absolute atomic E-state index is 0.397. The minimum atomic E-state index is 0.397. The van der Waals surface area contributed by atoms with Crippen LogP contribution in [0.4, 0.5) is 5.69 Å². The predicted molar refractivity (Wildman–Crippen MR) is 88.2 cm³/mol. The zero-order valence-electron chi connectivity index (χ0n) is 11.1. The number of benzene rings is 1. The van der Waals surface area contributed by atoms with Gasteiger partial charge in [0, 0.05) is 33.5 Å². The summed E-state index contributed by atoms with van der Waals surface area (Å²) in [4.78, 5) is 3.22. The van der Waals surface area contributed by atoms with Crippen molar-refractivity contribution in [2.45, 2.75) is 26.3 Å². The zero-order chi connectivity index (χ0) is 13.8. The molecule has 1 heterocycles. The predicted octanol–water partition coefficient (Wildman–Crippen LogP) is 3.73. The first-order valence-corrected chi connectivity index (χ1v) is 7.49. The third kappa shape index (κ3) is 4.04. The van der Waals surface area contributed by atoms with Crippen molar-refractivity contribution in [3.8, 4) is 0 Å². The molecule has 1 aromatic heterocycles. The van der Waals surface area contributed by atoms with Crippen molar-refractivity contribution >= 4 is 34.2 Å². The molecule has 0 aliphatic heterocycles. The molecule has 1 aromatic carbocycles. The van der Waals surface area contributed by atoms with Crippen molar-refractivity contribution in [1.29, 1.82) is 0 Å². The van der Waals surface area contributed by atoms with Gasteiger partial charge in [-0.3, -0.25) is 0 Å². The van der Waals surface area contributed by atoms with Gasteiger partial charge in [0.1, 0.15) is 4.99 Å². The van der Waals surface area contributed by atoms with Gasteiger partial charge in [-0.2, -0.15) is 0 Å². The van der Waals surface area contributed by atoms with Crippen LogP contribution in [0.5, 0.6) is 0 Å². The molecule has 1 unspecified atom stereocenters. The molecule has 0 spiro atoms. The Morgan fingerprint density at radius 1 is 1.26 bits per heavy atom. The molecule has 2 rings (SSSR count). The lowest BCUT2D eigenvalue weighted by Crippen LogP contribution is -2.17. The van der Waals surface area contributed by atoms with Crippen molar-refractivity contribution in [3.05, 3.63) is 51.7 Å². The Hall–Kier alpha value is -1.39. The maximum absolute atomic E-state index is 5.58. The normalized spacial score (nSPS) is 12.1. The summed E-state index contributed by atoms with van der Waals surface area (Å²) in [5.74, 6) is 0. The van der Waals surface area contributed by atoms with Gasteiger partial charge in [0.25, 0.3) is 0 Å². The van der Waals surface area contributed by atoms with Gasteiger partial charge in [0.2, 0.25) is 0 Å². The van der Waals surface area contributed by atoms with E-state index in [1.165, 1.54) is 9.75 Å². The van der Waals surface area contributed by atoms with Crippen LogP contribution in [0.1, 0.15) is 22.2 Å². The Balaban J connectivity index is 1.94. The number of nitrogens with two attached hydrogens (primary N) is 1. The molecule has 0 aliphatic carbocycles. The van der Waals surface area contributed by atoms with E-state index in [1.54, 1.807) is 0 Å². The first-order chi connectivity index (χ1) is 9.04. The summed E-state index contributed by atoms with van der Waals surface area (Å²) in [5.41, 5.74) is 7.58. The number of rotatable bonds is 5. The summed E-state index contributed by atoms with van der Waals surface area (Å²) in [6.07, 6.45) is 1.04. The zero-order valence-corrected chi connectivity index (χ0v) is 12.8. The largest absolute Gasteiger partial charge is 0.389 e. The third-order valence-corrected chi connectivity index (χ3v) is 4.14. The van der Waals surface area contributed by atoms with Crippen molar-refractivity contribution in [2.75, 3.05) is 5.32 Å². The molecule has 19 heavy (non-hydrogen) atoms. The van der Waals surface area contributed by atoms with Gasteiger partial charge in [0.05, 0.1) is 0 Å². The molecule has 4 heteroatoms. The van der Waals surface area contributed by atoms with E-state index in [0.717, 1.165) is 17.7 Å². The van der Waals surface area contributed by atoms with Crippen molar-refractivity contribution in [3.63, 3.8) is 0 Å². The number of anilines is 1. The van der Waals surface area contributed by atoms with E-state index in [0.29, 0.717) is 11.0 Å². The second-order valence-electron chi connectivity index (χ2n) is 4.70. The van der Waals surface area contributed by atoms with E-state index in [1.807, 2.05) is 35.6 Å². The summed E-state index contributed by atoms with van der Waals surface area (Å²) >= 11 is 6.80. The van der Waals surface area contributed by atoms with E-state index >= 15 is 0 Å². The van der Waals surface area contributed by atoms with E-state index in [4.69, 9.17) is 18.0 Å². The van der Waals surface area contributed by atoms with Crippen LogP contribution in [0.15, 0.2) is 36.4 Å². The molecule has 2 aromatic rings. The Bertz CT molecular complexity index is 558. The SMILES string of the molecule is Cc1ccc(CC(C)Nc2ccc(C(N)=S)cc2)s1. The maximum atomic E-state index is 5.58. The van der Waals surface area contributed by atoms with Crippen molar-refractivity contribution < 1.29 is 0 Å². The van der Waals surface area contributed by atoms with Gasteiger partial charge in [0.15, 0.2) is 0 Å².